The quantitative estimate of drug-likeness (QED) is 0.421. The van der Waals surface area contributed by atoms with Gasteiger partial charge in [-0.3, -0.25) is 4.79 Å². The molecule has 128 valence electrons. The van der Waals surface area contributed by atoms with Gasteiger partial charge in [-0.25, -0.2) is 0 Å². The second-order valence-corrected chi connectivity index (χ2v) is 11.8. The highest BCUT2D eigenvalue weighted by atomic mass is 28.3. The molecule has 1 rings (SSSR count). The number of hydrogen-bond donors (Lipinski definition) is 1. The van der Waals surface area contributed by atoms with Crippen molar-refractivity contribution >= 4 is 14.0 Å². The smallest absolute Gasteiger partial charge is 0.306 e. The molecule has 0 aliphatic heterocycles. The first-order valence-corrected chi connectivity index (χ1v) is 12.2. The van der Waals surface area contributed by atoms with Crippen molar-refractivity contribution in [1.29, 1.82) is 0 Å². The zero-order chi connectivity index (χ0) is 17.1. The molecule has 0 bridgehead atoms. The van der Waals surface area contributed by atoms with Crippen LogP contribution in [-0.2, 0) is 10.8 Å². The van der Waals surface area contributed by atoms with Crippen molar-refractivity contribution in [2.45, 2.75) is 64.6 Å². The highest BCUT2D eigenvalue weighted by Crippen LogP contribution is 2.18. The summed E-state index contributed by atoms with van der Waals surface area (Å²) in [5, 5.41) is 9.37. The zero-order valence-corrected chi connectivity index (χ0v) is 15.9. The minimum Gasteiger partial charge on any atom is -0.481 e. The predicted octanol–water partition coefficient (Wildman–Crippen LogP) is 5.63. The number of aliphatic carboxylic acids is 1. The summed E-state index contributed by atoms with van der Waals surface area (Å²) in [5.74, 6) is -0.863. The van der Waals surface area contributed by atoms with Crippen molar-refractivity contribution in [2.24, 2.45) is 5.92 Å². The Morgan fingerprint density at radius 1 is 1.17 bits per heavy atom. The minimum atomic E-state index is -1.46. The van der Waals surface area contributed by atoms with Crippen LogP contribution in [0.15, 0.2) is 42.1 Å². The van der Waals surface area contributed by atoms with Gasteiger partial charge in [0.2, 0.25) is 0 Å². The van der Waals surface area contributed by atoms with Crippen LogP contribution in [-0.4, -0.2) is 19.1 Å². The molecule has 0 radical (unpaired) electrons. The van der Waals surface area contributed by atoms with Gasteiger partial charge >= 0.3 is 5.97 Å². The maximum atomic E-state index is 11.4. The van der Waals surface area contributed by atoms with Crippen molar-refractivity contribution in [1.82, 2.24) is 0 Å². The van der Waals surface area contributed by atoms with Gasteiger partial charge in [-0.15, -0.1) is 0 Å². The summed E-state index contributed by atoms with van der Waals surface area (Å²) in [6.45, 7) is 6.86. The zero-order valence-electron chi connectivity index (χ0n) is 14.9. The summed E-state index contributed by atoms with van der Waals surface area (Å²) < 4.78 is 0. The predicted molar refractivity (Wildman–Crippen MR) is 101 cm³/mol. The highest BCUT2D eigenvalue weighted by Gasteiger charge is 2.19. The van der Waals surface area contributed by atoms with Crippen LogP contribution < -0.4 is 0 Å². The monoisotopic (exact) mass is 332 g/mol. The molecule has 0 aliphatic rings. The van der Waals surface area contributed by atoms with Crippen LogP contribution in [0.1, 0.15) is 51.0 Å². The third kappa shape index (κ3) is 8.75. The Kier molecular flexibility index (Phi) is 8.93. The van der Waals surface area contributed by atoms with Crippen LogP contribution in [0.5, 0.6) is 0 Å². The molecule has 1 atom stereocenters. The Labute approximate surface area is 142 Å². The van der Waals surface area contributed by atoms with Gasteiger partial charge in [-0.1, -0.05) is 93.4 Å². The van der Waals surface area contributed by atoms with E-state index >= 15 is 0 Å². The van der Waals surface area contributed by atoms with E-state index in [0.29, 0.717) is 6.42 Å². The van der Waals surface area contributed by atoms with Crippen molar-refractivity contribution in [3.8, 4) is 0 Å². The molecule has 0 amide bonds. The van der Waals surface area contributed by atoms with Crippen molar-refractivity contribution in [2.75, 3.05) is 0 Å². The molecule has 23 heavy (non-hydrogen) atoms. The lowest BCUT2D eigenvalue weighted by Crippen LogP contribution is -2.26. The molecular weight excluding hydrogens is 300 g/mol. The van der Waals surface area contributed by atoms with Gasteiger partial charge in [-0.2, -0.15) is 0 Å². The van der Waals surface area contributed by atoms with Gasteiger partial charge in [-0.05, 0) is 18.9 Å². The van der Waals surface area contributed by atoms with E-state index in [-0.39, 0.29) is 5.92 Å². The summed E-state index contributed by atoms with van der Waals surface area (Å²) in [6.07, 6.45) is 8.19. The van der Waals surface area contributed by atoms with E-state index < -0.39 is 14.0 Å². The third-order valence-electron chi connectivity index (χ3n) is 4.25. The Bertz CT molecular complexity index is 480. The molecule has 0 saturated carbocycles. The van der Waals surface area contributed by atoms with Gasteiger partial charge < -0.3 is 5.11 Å². The van der Waals surface area contributed by atoms with Crippen LogP contribution in [0, 0.1) is 5.92 Å². The molecule has 1 unspecified atom stereocenters. The molecule has 0 fully saturated rings. The van der Waals surface area contributed by atoms with Crippen LogP contribution in [0.4, 0.5) is 0 Å². The molecule has 2 nitrogen and oxygen atoms in total. The van der Waals surface area contributed by atoms with Crippen molar-refractivity contribution < 1.29 is 9.90 Å². The first-order chi connectivity index (χ1) is 10.9. The standard InChI is InChI=1S/C20H32O2Si/c1-4-5-6-10-14-19(20(21)22)15-11-16-23(2,3)17-18-12-8-7-9-13-18/h7-9,11-13,16,19H,4-6,10,14-15,17H2,1-3H3,(H,21,22)/b16-11-. The number of unbranched alkanes of at least 4 members (excludes halogenated alkanes) is 3. The van der Waals surface area contributed by atoms with Crippen LogP contribution in [0.2, 0.25) is 13.1 Å². The molecule has 0 heterocycles. The van der Waals surface area contributed by atoms with Gasteiger partial charge in [0.25, 0.3) is 0 Å². The number of hydrogen-bond acceptors (Lipinski definition) is 1. The van der Waals surface area contributed by atoms with Gasteiger partial charge in [0.05, 0.1) is 14.0 Å². The van der Waals surface area contributed by atoms with Crippen LogP contribution >= 0.6 is 0 Å². The average molecular weight is 333 g/mol. The second kappa shape index (κ2) is 10.4. The van der Waals surface area contributed by atoms with Gasteiger partial charge in [0, 0.05) is 0 Å². The van der Waals surface area contributed by atoms with E-state index in [2.05, 4.69) is 56.1 Å². The summed E-state index contributed by atoms with van der Waals surface area (Å²) in [4.78, 5) is 11.4. The lowest BCUT2D eigenvalue weighted by Gasteiger charge is -2.18. The highest BCUT2D eigenvalue weighted by molar-refractivity contribution is 6.81. The summed E-state index contributed by atoms with van der Waals surface area (Å²) in [7, 11) is -1.46. The number of rotatable bonds is 11. The lowest BCUT2D eigenvalue weighted by molar-refractivity contribution is -0.141. The SMILES string of the molecule is CCCCCCC(C/C=C\[Si](C)(C)Cc1ccccc1)C(=O)O. The van der Waals surface area contributed by atoms with Crippen molar-refractivity contribution in [3.63, 3.8) is 0 Å². The molecule has 0 aliphatic carbocycles. The average Bonchev–Trinajstić information content (AvgIpc) is 2.50. The summed E-state index contributed by atoms with van der Waals surface area (Å²) >= 11 is 0. The van der Waals surface area contributed by atoms with E-state index in [1.165, 1.54) is 18.4 Å². The summed E-state index contributed by atoms with van der Waals surface area (Å²) in [6, 6.07) is 11.7. The van der Waals surface area contributed by atoms with Crippen LogP contribution in [0.25, 0.3) is 0 Å². The first kappa shape index (κ1) is 19.7. The van der Waals surface area contributed by atoms with E-state index in [0.717, 1.165) is 25.3 Å². The number of carboxylic acid groups (broad SMARTS) is 1. The molecule has 0 saturated heterocycles. The van der Waals surface area contributed by atoms with Gasteiger partial charge in [0.15, 0.2) is 0 Å². The molecule has 1 aromatic carbocycles. The van der Waals surface area contributed by atoms with Crippen molar-refractivity contribution in [3.05, 3.63) is 47.7 Å². The Morgan fingerprint density at radius 2 is 1.87 bits per heavy atom. The summed E-state index contributed by atoms with van der Waals surface area (Å²) in [5.41, 5.74) is 3.70. The second-order valence-electron chi connectivity index (χ2n) is 7.17. The van der Waals surface area contributed by atoms with E-state index in [1.54, 1.807) is 0 Å². The van der Waals surface area contributed by atoms with Crippen LogP contribution in [0.3, 0.4) is 0 Å². The normalized spacial score (nSPS) is 13.3. The third-order valence-corrected chi connectivity index (χ3v) is 6.71. The fourth-order valence-corrected chi connectivity index (χ4v) is 5.07. The van der Waals surface area contributed by atoms with Gasteiger partial charge in [0.1, 0.15) is 0 Å². The molecule has 0 aromatic heterocycles. The molecule has 1 aromatic rings. The topological polar surface area (TPSA) is 37.3 Å². The lowest BCUT2D eigenvalue weighted by atomic mass is 9.98. The number of carbonyl (C=O) groups is 1. The molecule has 1 N–H and O–H groups in total. The Hall–Kier alpha value is -1.35. The van der Waals surface area contributed by atoms with E-state index in [9.17, 15) is 9.90 Å². The minimum absolute atomic E-state index is 0.218. The molecule has 3 heteroatoms. The fourth-order valence-electron chi connectivity index (χ4n) is 2.89. The molecule has 0 spiro atoms. The first-order valence-electron chi connectivity index (χ1n) is 8.89. The van der Waals surface area contributed by atoms with E-state index in [4.69, 9.17) is 0 Å². The number of carboxylic acids is 1. The molecular formula is C20H32O2Si. The Balaban J connectivity index is 2.47. The number of allylic oxidation sites excluding steroid dienone is 1. The fraction of sp³-hybridized carbons (Fsp3) is 0.550. The maximum absolute atomic E-state index is 11.4. The number of benzene rings is 1. The maximum Gasteiger partial charge on any atom is 0.306 e. The largest absolute Gasteiger partial charge is 0.481 e. The van der Waals surface area contributed by atoms with E-state index in [1.807, 2.05) is 6.07 Å². The Morgan fingerprint density at radius 3 is 2.48 bits per heavy atom.